The zero-order valence-electron chi connectivity index (χ0n) is 13.1. The fourth-order valence-electron chi connectivity index (χ4n) is 3.32. The van der Waals surface area contributed by atoms with Gasteiger partial charge in [0.2, 0.25) is 0 Å². The summed E-state index contributed by atoms with van der Waals surface area (Å²) in [6.45, 7) is 3.40. The van der Waals surface area contributed by atoms with Crippen molar-refractivity contribution in [2.75, 3.05) is 19.7 Å². The van der Waals surface area contributed by atoms with Crippen LogP contribution in [0.1, 0.15) is 48.0 Å². The van der Waals surface area contributed by atoms with Gasteiger partial charge in [0, 0.05) is 24.8 Å². The number of rotatable bonds is 7. The molecule has 0 bridgehead atoms. The third-order valence-electron chi connectivity index (χ3n) is 4.74. The molecule has 0 spiro atoms. The lowest BCUT2D eigenvalue weighted by Crippen LogP contribution is -2.37. The summed E-state index contributed by atoms with van der Waals surface area (Å²) >= 11 is 0. The molecule has 2 fully saturated rings. The highest BCUT2D eigenvalue weighted by Crippen LogP contribution is 2.34. The Morgan fingerprint density at radius 2 is 2.09 bits per heavy atom. The Labute approximate surface area is 132 Å². The molecular formula is C18H26N2O2. The number of carbonyl (C=O) groups excluding carboxylic acids is 1. The molecule has 22 heavy (non-hydrogen) atoms. The molecule has 1 heterocycles. The number of nitrogens with one attached hydrogen (secondary N) is 1. The van der Waals surface area contributed by atoms with Gasteiger partial charge < -0.3 is 10.4 Å². The fourth-order valence-corrected chi connectivity index (χ4v) is 3.32. The fraction of sp³-hybridized carbons (Fsp3) is 0.611. The summed E-state index contributed by atoms with van der Waals surface area (Å²) in [6.07, 6.45) is 5.55. The number of benzene rings is 1. The molecule has 2 N–H and O–H groups in total. The van der Waals surface area contributed by atoms with E-state index in [1.165, 1.54) is 31.2 Å². The van der Waals surface area contributed by atoms with E-state index in [1.807, 2.05) is 18.2 Å². The molecule has 0 radical (unpaired) electrons. The molecular weight excluding hydrogens is 276 g/mol. The summed E-state index contributed by atoms with van der Waals surface area (Å²) in [5.74, 6) is 0.553. The molecule has 0 aromatic heterocycles. The summed E-state index contributed by atoms with van der Waals surface area (Å²) < 4.78 is 0. The average molecular weight is 302 g/mol. The molecule has 1 aromatic carbocycles. The van der Waals surface area contributed by atoms with Crippen molar-refractivity contribution >= 4 is 5.91 Å². The molecule has 3 rings (SSSR count). The second kappa shape index (κ2) is 7.25. The van der Waals surface area contributed by atoms with Crippen molar-refractivity contribution in [1.29, 1.82) is 0 Å². The smallest absolute Gasteiger partial charge is 0.251 e. The van der Waals surface area contributed by atoms with Gasteiger partial charge in [-0.3, -0.25) is 9.69 Å². The van der Waals surface area contributed by atoms with Crippen LogP contribution in [0.15, 0.2) is 24.3 Å². The quantitative estimate of drug-likeness (QED) is 0.811. The van der Waals surface area contributed by atoms with Crippen LogP contribution in [0.3, 0.4) is 0 Å². The first-order valence-corrected chi connectivity index (χ1v) is 8.49. The Bertz CT molecular complexity index is 508. The number of likely N-dealkylation sites (tertiary alicyclic amines) is 1. The van der Waals surface area contributed by atoms with E-state index in [4.69, 9.17) is 5.11 Å². The third kappa shape index (κ3) is 4.08. The Morgan fingerprint density at radius 1 is 1.32 bits per heavy atom. The lowest BCUT2D eigenvalue weighted by molar-refractivity contribution is 0.0924. The average Bonchev–Trinajstić information content (AvgIpc) is 3.25. The molecule has 1 aliphatic heterocycles. The number of carbonyl (C=O) groups is 1. The first-order chi connectivity index (χ1) is 10.8. The zero-order chi connectivity index (χ0) is 15.4. The monoisotopic (exact) mass is 302 g/mol. The number of hydrogen-bond acceptors (Lipinski definition) is 3. The van der Waals surface area contributed by atoms with Crippen LogP contribution in [0.4, 0.5) is 0 Å². The van der Waals surface area contributed by atoms with Crippen molar-refractivity contribution in [1.82, 2.24) is 10.2 Å². The molecule has 4 nitrogen and oxygen atoms in total. The van der Waals surface area contributed by atoms with Gasteiger partial charge in [-0.25, -0.2) is 0 Å². The van der Waals surface area contributed by atoms with Gasteiger partial charge in [-0.05, 0) is 68.8 Å². The first-order valence-electron chi connectivity index (χ1n) is 8.49. The second-order valence-electron chi connectivity index (χ2n) is 6.61. The van der Waals surface area contributed by atoms with Gasteiger partial charge in [-0.1, -0.05) is 12.1 Å². The van der Waals surface area contributed by atoms with Crippen LogP contribution in [0.2, 0.25) is 0 Å². The van der Waals surface area contributed by atoms with E-state index in [0.29, 0.717) is 12.3 Å². The standard InChI is InChI=1S/C18H26N2O2/c21-11-8-17(15-6-7-15)19-18(22)16-5-3-4-14(12-16)13-20-9-1-2-10-20/h3-5,12,15,17,21H,1-2,6-11,13H2,(H,19,22). The van der Waals surface area contributed by atoms with E-state index >= 15 is 0 Å². The maximum absolute atomic E-state index is 12.4. The van der Waals surface area contributed by atoms with E-state index in [9.17, 15) is 4.79 Å². The van der Waals surface area contributed by atoms with Gasteiger partial charge in [0.05, 0.1) is 0 Å². The van der Waals surface area contributed by atoms with Crippen LogP contribution in [0.25, 0.3) is 0 Å². The van der Waals surface area contributed by atoms with Crippen LogP contribution < -0.4 is 5.32 Å². The van der Waals surface area contributed by atoms with Gasteiger partial charge in [0.15, 0.2) is 0 Å². The van der Waals surface area contributed by atoms with Gasteiger partial charge in [0.25, 0.3) is 5.91 Å². The van der Waals surface area contributed by atoms with Gasteiger partial charge in [0.1, 0.15) is 0 Å². The summed E-state index contributed by atoms with van der Waals surface area (Å²) in [7, 11) is 0. The largest absolute Gasteiger partial charge is 0.396 e. The highest BCUT2D eigenvalue weighted by Gasteiger charge is 2.31. The van der Waals surface area contributed by atoms with Crippen LogP contribution in [0, 0.1) is 5.92 Å². The molecule has 1 saturated heterocycles. The van der Waals surface area contributed by atoms with Crippen molar-refractivity contribution in [3.8, 4) is 0 Å². The van der Waals surface area contributed by atoms with Crippen LogP contribution >= 0.6 is 0 Å². The van der Waals surface area contributed by atoms with E-state index in [0.717, 1.165) is 25.2 Å². The highest BCUT2D eigenvalue weighted by atomic mass is 16.3. The predicted molar refractivity (Wildman–Crippen MR) is 86.6 cm³/mol. The predicted octanol–water partition coefficient (Wildman–Crippen LogP) is 2.17. The molecule has 1 atom stereocenters. The molecule has 1 amide bonds. The van der Waals surface area contributed by atoms with E-state index < -0.39 is 0 Å². The first kappa shape index (κ1) is 15.5. The number of nitrogens with zero attached hydrogens (tertiary/aromatic N) is 1. The molecule has 1 aliphatic carbocycles. The maximum atomic E-state index is 12.4. The normalized spacial score (nSPS) is 20.0. The third-order valence-corrected chi connectivity index (χ3v) is 4.74. The molecule has 120 valence electrons. The Hall–Kier alpha value is -1.39. The van der Waals surface area contributed by atoms with Crippen molar-refractivity contribution < 1.29 is 9.90 Å². The number of aliphatic hydroxyl groups excluding tert-OH is 1. The molecule has 4 heteroatoms. The van der Waals surface area contributed by atoms with Gasteiger partial charge >= 0.3 is 0 Å². The summed E-state index contributed by atoms with van der Waals surface area (Å²) in [5, 5.41) is 12.2. The Kier molecular flexibility index (Phi) is 5.11. The number of hydrogen-bond donors (Lipinski definition) is 2. The van der Waals surface area contributed by atoms with Crippen molar-refractivity contribution in [2.45, 2.75) is 44.7 Å². The lowest BCUT2D eigenvalue weighted by Gasteiger charge is -2.18. The van der Waals surface area contributed by atoms with Gasteiger partial charge in [-0.2, -0.15) is 0 Å². The van der Waals surface area contributed by atoms with Crippen molar-refractivity contribution in [3.05, 3.63) is 35.4 Å². The zero-order valence-corrected chi connectivity index (χ0v) is 13.1. The second-order valence-corrected chi connectivity index (χ2v) is 6.61. The summed E-state index contributed by atoms with van der Waals surface area (Å²) in [4.78, 5) is 14.9. The van der Waals surface area contributed by atoms with Gasteiger partial charge in [-0.15, -0.1) is 0 Å². The highest BCUT2D eigenvalue weighted by molar-refractivity contribution is 5.94. The lowest BCUT2D eigenvalue weighted by atomic mass is 10.1. The Morgan fingerprint density at radius 3 is 2.77 bits per heavy atom. The molecule has 2 aliphatic rings. The minimum absolute atomic E-state index is 0.00591. The Balaban J connectivity index is 1.61. The maximum Gasteiger partial charge on any atom is 0.251 e. The SMILES string of the molecule is O=C(NC(CCO)C1CC1)c1cccc(CN2CCCC2)c1. The van der Waals surface area contributed by atoms with E-state index in [1.54, 1.807) is 0 Å². The van der Waals surface area contributed by atoms with Crippen molar-refractivity contribution in [2.24, 2.45) is 5.92 Å². The topological polar surface area (TPSA) is 52.6 Å². The number of aliphatic hydroxyl groups is 1. The van der Waals surface area contributed by atoms with E-state index in [-0.39, 0.29) is 18.6 Å². The van der Waals surface area contributed by atoms with Crippen LogP contribution in [0.5, 0.6) is 0 Å². The molecule has 1 aromatic rings. The minimum Gasteiger partial charge on any atom is -0.396 e. The van der Waals surface area contributed by atoms with Crippen LogP contribution in [-0.2, 0) is 6.54 Å². The van der Waals surface area contributed by atoms with Crippen molar-refractivity contribution in [3.63, 3.8) is 0 Å². The molecule has 1 unspecified atom stereocenters. The van der Waals surface area contributed by atoms with Crippen LogP contribution in [-0.4, -0.2) is 41.7 Å². The molecule has 1 saturated carbocycles. The summed E-state index contributed by atoms with van der Waals surface area (Å²) in [6, 6.07) is 8.09. The minimum atomic E-state index is -0.00591. The summed E-state index contributed by atoms with van der Waals surface area (Å²) in [5.41, 5.74) is 1.94. The number of amides is 1. The van der Waals surface area contributed by atoms with E-state index in [2.05, 4.69) is 16.3 Å².